The molecule has 1 fully saturated rings. The van der Waals surface area contributed by atoms with Crippen LogP contribution in [0.15, 0.2) is 41.4 Å². The number of fused-ring (bicyclic) bond motifs is 1. The van der Waals surface area contributed by atoms with E-state index in [0.29, 0.717) is 56.2 Å². The number of pyridine rings is 1. The van der Waals surface area contributed by atoms with Gasteiger partial charge in [0.15, 0.2) is 11.5 Å². The van der Waals surface area contributed by atoms with Crippen molar-refractivity contribution >= 4 is 27.4 Å². The fourth-order valence-corrected chi connectivity index (χ4v) is 4.97. The summed E-state index contributed by atoms with van der Waals surface area (Å²) in [6.45, 7) is 3.23. The minimum absolute atomic E-state index is 0.0671. The maximum absolute atomic E-state index is 12.5. The molecule has 2 aromatic rings. The van der Waals surface area contributed by atoms with Crippen molar-refractivity contribution in [3.8, 4) is 11.5 Å². The average molecular weight is 475 g/mol. The van der Waals surface area contributed by atoms with E-state index < -0.39 is 10.0 Å². The molecule has 0 bridgehead atoms. The van der Waals surface area contributed by atoms with Crippen molar-refractivity contribution in [3.63, 3.8) is 0 Å². The molecule has 1 aromatic carbocycles. The predicted octanol–water partition coefficient (Wildman–Crippen LogP) is 2.93. The molecule has 0 aliphatic carbocycles. The summed E-state index contributed by atoms with van der Waals surface area (Å²) in [7, 11) is -3.62. The van der Waals surface area contributed by atoms with E-state index >= 15 is 0 Å². The molecule has 0 radical (unpaired) electrons. The van der Waals surface area contributed by atoms with Gasteiger partial charge in [-0.1, -0.05) is 6.42 Å². The Kier molecular flexibility index (Phi) is 7.66. The zero-order valence-corrected chi connectivity index (χ0v) is 19.4. The van der Waals surface area contributed by atoms with Gasteiger partial charge in [0.1, 0.15) is 19.0 Å². The van der Waals surface area contributed by atoms with Gasteiger partial charge in [-0.25, -0.2) is 18.1 Å². The first kappa shape index (κ1) is 23.3. The number of hydrogen-bond donors (Lipinski definition) is 2. The summed E-state index contributed by atoms with van der Waals surface area (Å²) in [6, 6.07) is 8.41. The number of hydrogen-bond acceptors (Lipinski definition) is 7. The van der Waals surface area contributed by atoms with Crippen molar-refractivity contribution in [2.75, 3.05) is 43.1 Å². The Bertz CT molecular complexity index is 1050. The van der Waals surface area contributed by atoms with Crippen LogP contribution >= 0.6 is 0 Å². The topological polar surface area (TPSA) is 110 Å². The van der Waals surface area contributed by atoms with Crippen LogP contribution in [0.2, 0.25) is 0 Å². The molecule has 178 valence electrons. The lowest BCUT2D eigenvalue weighted by atomic mass is 10.2. The van der Waals surface area contributed by atoms with E-state index in [1.807, 2.05) is 12.1 Å². The van der Waals surface area contributed by atoms with Crippen molar-refractivity contribution in [2.24, 2.45) is 0 Å². The lowest BCUT2D eigenvalue weighted by Crippen LogP contribution is -2.25. The van der Waals surface area contributed by atoms with Crippen molar-refractivity contribution < 1.29 is 22.7 Å². The fraction of sp³-hybridized carbons (Fsp3) is 0.478. The van der Waals surface area contributed by atoms with E-state index in [0.717, 1.165) is 25.3 Å². The first-order valence-electron chi connectivity index (χ1n) is 11.4. The molecule has 0 atom stereocenters. The van der Waals surface area contributed by atoms with Crippen LogP contribution in [0.4, 0.5) is 11.5 Å². The van der Waals surface area contributed by atoms with E-state index in [2.05, 4.69) is 19.9 Å². The lowest BCUT2D eigenvalue weighted by Gasteiger charge is -2.18. The summed E-state index contributed by atoms with van der Waals surface area (Å²) in [5.74, 6) is 1.87. The first-order valence-corrected chi connectivity index (χ1v) is 12.9. The summed E-state index contributed by atoms with van der Waals surface area (Å²) >= 11 is 0. The van der Waals surface area contributed by atoms with E-state index in [1.54, 1.807) is 12.3 Å². The summed E-state index contributed by atoms with van der Waals surface area (Å²) < 4.78 is 38.5. The number of rotatable bonds is 10. The van der Waals surface area contributed by atoms with Crippen LogP contribution in [0.25, 0.3) is 0 Å². The number of carbonyl (C=O) groups is 1. The molecule has 0 unspecified atom stereocenters. The molecule has 10 heteroatoms. The second kappa shape index (κ2) is 10.8. The second-order valence-corrected chi connectivity index (χ2v) is 9.93. The van der Waals surface area contributed by atoms with Crippen LogP contribution in [-0.4, -0.2) is 52.2 Å². The number of nitrogens with zero attached hydrogens (tertiary/aromatic N) is 2. The molecule has 2 N–H and O–H groups in total. The van der Waals surface area contributed by atoms with Gasteiger partial charge >= 0.3 is 0 Å². The molecule has 3 heterocycles. The molecular weight excluding hydrogens is 444 g/mol. The number of anilines is 2. The molecule has 2 aliphatic heterocycles. The summed E-state index contributed by atoms with van der Waals surface area (Å²) in [5.41, 5.74) is 0.690. The number of amides is 1. The van der Waals surface area contributed by atoms with Gasteiger partial charge in [0, 0.05) is 32.1 Å². The summed E-state index contributed by atoms with van der Waals surface area (Å²) in [5, 5.41) is 2.87. The van der Waals surface area contributed by atoms with Crippen LogP contribution in [-0.2, 0) is 14.8 Å². The average Bonchev–Trinajstić information content (AvgIpc) is 3.36. The highest BCUT2D eigenvalue weighted by Gasteiger charge is 2.19. The van der Waals surface area contributed by atoms with Crippen LogP contribution in [0.1, 0.15) is 38.5 Å². The molecule has 9 nitrogen and oxygen atoms in total. The Morgan fingerprint density at radius 3 is 2.55 bits per heavy atom. The summed E-state index contributed by atoms with van der Waals surface area (Å²) in [6.07, 6.45) is 6.52. The molecule has 0 spiro atoms. The minimum Gasteiger partial charge on any atom is -0.486 e. The van der Waals surface area contributed by atoms with Crippen molar-refractivity contribution in [2.45, 2.75) is 43.4 Å². The maximum atomic E-state index is 12.5. The quantitative estimate of drug-likeness (QED) is 0.510. The van der Waals surface area contributed by atoms with Crippen molar-refractivity contribution in [1.82, 2.24) is 9.71 Å². The number of unbranched alkanes of at least 4 members (excludes halogenated alkanes) is 2. The minimum atomic E-state index is -3.62. The Balaban J connectivity index is 1.13. The molecule has 1 amide bonds. The van der Waals surface area contributed by atoms with Crippen LogP contribution in [0, 0.1) is 0 Å². The van der Waals surface area contributed by atoms with Gasteiger partial charge in [0.2, 0.25) is 15.9 Å². The third kappa shape index (κ3) is 6.35. The molecular formula is C23H30N4O5S. The fourth-order valence-electron chi connectivity index (χ4n) is 3.88. The standard InChI is InChI=1S/C23H30N4O5S/c28-23(26-18-7-10-22(24-17-18)27-12-4-5-13-27)6-2-1-3-11-25-33(29,30)19-8-9-20-21(16-19)32-15-14-31-20/h7-10,16-17,25H,1-6,11-15H2,(H,26,28). The van der Waals surface area contributed by atoms with E-state index in [-0.39, 0.29) is 10.8 Å². The normalized spacial score (nSPS) is 15.5. The molecule has 2 aliphatic rings. The largest absolute Gasteiger partial charge is 0.486 e. The molecule has 33 heavy (non-hydrogen) atoms. The highest BCUT2D eigenvalue weighted by molar-refractivity contribution is 7.89. The van der Waals surface area contributed by atoms with E-state index in [1.165, 1.54) is 25.0 Å². The van der Waals surface area contributed by atoms with Gasteiger partial charge in [-0.3, -0.25) is 4.79 Å². The molecule has 1 saturated heterocycles. The Morgan fingerprint density at radius 1 is 1.00 bits per heavy atom. The number of sulfonamides is 1. The van der Waals surface area contributed by atoms with Crippen LogP contribution in [0.5, 0.6) is 11.5 Å². The van der Waals surface area contributed by atoms with Gasteiger partial charge in [0.25, 0.3) is 0 Å². The van der Waals surface area contributed by atoms with Gasteiger partial charge in [-0.2, -0.15) is 0 Å². The third-order valence-electron chi connectivity index (χ3n) is 5.66. The van der Waals surface area contributed by atoms with Crippen LogP contribution in [0.3, 0.4) is 0 Å². The number of ether oxygens (including phenoxy) is 2. The second-order valence-electron chi connectivity index (χ2n) is 8.16. The number of benzene rings is 1. The van der Waals surface area contributed by atoms with Crippen LogP contribution < -0.4 is 24.4 Å². The third-order valence-corrected chi connectivity index (χ3v) is 7.12. The maximum Gasteiger partial charge on any atom is 0.240 e. The molecule has 1 aromatic heterocycles. The monoisotopic (exact) mass is 474 g/mol. The number of aromatic nitrogens is 1. The zero-order chi connectivity index (χ0) is 23.1. The van der Waals surface area contributed by atoms with Gasteiger partial charge in [-0.15, -0.1) is 0 Å². The lowest BCUT2D eigenvalue weighted by molar-refractivity contribution is -0.116. The number of nitrogens with one attached hydrogen (secondary N) is 2. The Labute approximate surface area is 194 Å². The SMILES string of the molecule is O=C(CCCCCNS(=O)(=O)c1ccc2c(c1)OCCO2)Nc1ccc(N2CCCC2)nc1. The van der Waals surface area contributed by atoms with E-state index in [4.69, 9.17) is 9.47 Å². The number of carbonyl (C=O) groups excluding carboxylic acids is 1. The highest BCUT2D eigenvalue weighted by Crippen LogP contribution is 2.32. The Morgan fingerprint density at radius 2 is 1.79 bits per heavy atom. The van der Waals surface area contributed by atoms with Gasteiger partial charge < -0.3 is 19.7 Å². The Hall–Kier alpha value is -2.85. The first-order chi connectivity index (χ1) is 16.0. The smallest absolute Gasteiger partial charge is 0.240 e. The zero-order valence-electron chi connectivity index (χ0n) is 18.6. The van der Waals surface area contributed by atoms with Gasteiger partial charge in [0.05, 0.1) is 16.8 Å². The molecule has 0 saturated carbocycles. The highest BCUT2D eigenvalue weighted by atomic mass is 32.2. The van der Waals surface area contributed by atoms with Crippen molar-refractivity contribution in [3.05, 3.63) is 36.5 Å². The predicted molar refractivity (Wildman–Crippen MR) is 125 cm³/mol. The van der Waals surface area contributed by atoms with E-state index in [9.17, 15) is 13.2 Å². The van der Waals surface area contributed by atoms with Crippen molar-refractivity contribution in [1.29, 1.82) is 0 Å². The van der Waals surface area contributed by atoms with Gasteiger partial charge in [-0.05, 0) is 49.9 Å². The summed E-state index contributed by atoms with van der Waals surface area (Å²) in [4.78, 5) is 19.0. The molecule has 4 rings (SSSR count).